The molecule has 10 rings (SSSR count). The van der Waals surface area contributed by atoms with Crippen molar-refractivity contribution in [2.75, 3.05) is 6.61 Å². The zero-order chi connectivity index (χ0) is 48.1. The summed E-state index contributed by atoms with van der Waals surface area (Å²) in [6.45, 7) is 13.3. The Labute approximate surface area is 398 Å². The number of nitrogens with zero attached hydrogens (tertiary/aromatic N) is 1. The number of hydrogen-bond donors (Lipinski definition) is 4. The number of carbonyl (C=O) groups excluding carboxylic acids is 4. The van der Waals surface area contributed by atoms with Gasteiger partial charge in [0.15, 0.2) is 11.8 Å². The van der Waals surface area contributed by atoms with E-state index >= 15 is 4.79 Å². The fraction of sp³-hybridized carbons (Fsp3) is 0.660. The number of allylic oxidation sites excluding steroid dienone is 1. The zero-order valence-corrected chi connectivity index (χ0v) is 40.5. The Bertz CT molecular complexity index is 2320. The molecule has 2 bridgehead atoms. The smallest absolute Gasteiger partial charge is 0.327 e. The minimum absolute atomic E-state index is 0.0120. The minimum Gasteiger partial charge on any atom is -0.460 e. The van der Waals surface area contributed by atoms with Crippen molar-refractivity contribution in [1.29, 1.82) is 0 Å². The molecule has 13 atom stereocenters. The maximum absolute atomic E-state index is 15.2. The van der Waals surface area contributed by atoms with Gasteiger partial charge in [-0.25, -0.2) is 0 Å². The maximum atomic E-state index is 15.2. The highest BCUT2D eigenvalue weighted by molar-refractivity contribution is 5.96. The molecule has 7 fully saturated rings. The van der Waals surface area contributed by atoms with Crippen molar-refractivity contribution in [3.05, 3.63) is 76.4 Å². The number of aliphatic hydroxyl groups is 2. The predicted octanol–water partition coefficient (Wildman–Crippen LogP) is 5.01. The van der Waals surface area contributed by atoms with E-state index in [9.17, 15) is 24.6 Å². The molecule has 0 radical (unpaired) electrons. The molecular weight excluding hydrogens is 871 g/mol. The van der Waals surface area contributed by atoms with Crippen LogP contribution in [0, 0.1) is 22.7 Å². The Kier molecular flexibility index (Phi) is 12.1. The van der Waals surface area contributed by atoms with Gasteiger partial charge in [-0.3, -0.25) is 24.0 Å². The summed E-state index contributed by atoms with van der Waals surface area (Å²) in [5, 5.41) is 28.2. The van der Waals surface area contributed by atoms with Crippen molar-refractivity contribution in [2.45, 2.75) is 191 Å². The number of esters is 2. The van der Waals surface area contributed by atoms with Crippen LogP contribution in [0.2, 0.25) is 0 Å². The molecule has 4 N–H and O–H groups in total. The lowest BCUT2D eigenvalue weighted by Crippen LogP contribution is -2.71. The quantitative estimate of drug-likeness (QED) is 0.164. The molecule has 2 amide bonds. The van der Waals surface area contributed by atoms with Crippen molar-refractivity contribution >= 4 is 29.8 Å². The first-order valence-electron chi connectivity index (χ1n) is 24.9. The Morgan fingerprint density at radius 2 is 1.66 bits per heavy atom. The number of benzene rings is 2. The molecule has 4 saturated heterocycles. The second-order valence-corrected chi connectivity index (χ2v) is 23.0. The number of carbonyl (C=O) groups is 4. The summed E-state index contributed by atoms with van der Waals surface area (Å²) >= 11 is 0. The average molecular weight is 940 g/mol. The third kappa shape index (κ3) is 8.61. The standard InChI is InChI=1S/C53H69N3O12/c1-29(58)41(46(60)54-35(28-57)17-19-40(59)65-49(2,3)4)55-48(62)53-26-38-42-43(67-52(66-42)23-33-10-8-9-11-34(33)24-52)45(53)68-56(44(53)47(61)63-38)27-31-14-12-30(13-15-31)22-32-16-18-39-51(7,64-39)21-20-37-36(32)25-50(37,5)6/h8-15,22,29,35-39,41-45,57-58H,16-21,23-28H2,1-7H3,(H,54,60)(H,55,62)/t29-,35-,36+,37+,38+,39?,41+,42-,43-,44-,45+,51+,53-/m0/s1. The molecule has 0 aromatic heterocycles. The van der Waals surface area contributed by atoms with Gasteiger partial charge in [-0.2, -0.15) is 5.06 Å². The van der Waals surface area contributed by atoms with E-state index in [-0.39, 0.29) is 31.4 Å². The van der Waals surface area contributed by atoms with Gasteiger partial charge >= 0.3 is 11.9 Å². The lowest BCUT2D eigenvalue weighted by atomic mass is 9.52. The first-order chi connectivity index (χ1) is 32.2. The molecule has 368 valence electrons. The van der Waals surface area contributed by atoms with E-state index < -0.39 is 95.8 Å². The van der Waals surface area contributed by atoms with Crippen LogP contribution in [0.4, 0.5) is 0 Å². The van der Waals surface area contributed by atoms with E-state index in [0.717, 1.165) is 41.5 Å². The van der Waals surface area contributed by atoms with Gasteiger partial charge in [-0.15, -0.1) is 0 Å². The summed E-state index contributed by atoms with van der Waals surface area (Å²) in [5.74, 6) is -2.50. The highest BCUT2D eigenvalue weighted by Crippen LogP contribution is 2.61. The fourth-order valence-corrected chi connectivity index (χ4v) is 12.9. The number of ether oxygens (including phenoxy) is 5. The fourth-order valence-electron chi connectivity index (χ4n) is 12.9. The summed E-state index contributed by atoms with van der Waals surface area (Å²) < 4.78 is 31.5. The van der Waals surface area contributed by atoms with E-state index in [1.54, 1.807) is 20.8 Å². The number of nitrogens with one attached hydrogen (secondary N) is 2. The number of fused-ring (bicyclic) bond motifs is 7. The zero-order valence-electron chi connectivity index (χ0n) is 40.5. The monoisotopic (exact) mass is 939 g/mol. The minimum atomic E-state index is -1.63. The van der Waals surface area contributed by atoms with Gasteiger partial charge in [-0.05, 0) is 113 Å². The summed E-state index contributed by atoms with van der Waals surface area (Å²) in [6.07, 6.45) is 4.22. The molecule has 15 heteroatoms. The number of epoxide rings is 1. The van der Waals surface area contributed by atoms with Gasteiger partial charge in [-0.1, -0.05) is 74.0 Å². The van der Waals surface area contributed by atoms with E-state index in [4.69, 9.17) is 28.5 Å². The molecule has 4 heterocycles. The predicted molar refractivity (Wildman–Crippen MR) is 247 cm³/mol. The topological polar surface area (TPSA) is 195 Å². The van der Waals surface area contributed by atoms with Crippen LogP contribution < -0.4 is 10.6 Å². The van der Waals surface area contributed by atoms with Crippen molar-refractivity contribution in [2.24, 2.45) is 22.7 Å². The average Bonchev–Trinajstić information content (AvgIpc) is 3.54. The summed E-state index contributed by atoms with van der Waals surface area (Å²) in [5.41, 5.74) is 3.57. The molecule has 1 spiro atoms. The Morgan fingerprint density at radius 3 is 2.32 bits per heavy atom. The molecule has 2 aromatic carbocycles. The number of aliphatic hydroxyl groups excluding tert-OH is 2. The molecule has 4 aliphatic heterocycles. The molecule has 68 heavy (non-hydrogen) atoms. The van der Waals surface area contributed by atoms with E-state index in [0.29, 0.717) is 36.2 Å². The van der Waals surface area contributed by atoms with Gasteiger partial charge in [0, 0.05) is 25.7 Å². The van der Waals surface area contributed by atoms with Crippen molar-refractivity contribution < 1.29 is 57.9 Å². The van der Waals surface area contributed by atoms with Crippen molar-refractivity contribution in [3.8, 4) is 0 Å². The highest BCUT2D eigenvalue weighted by atomic mass is 16.8. The van der Waals surface area contributed by atoms with Crippen LogP contribution in [0.15, 0.2) is 54.1 Å². The van der Waals surface area contributed by atoms with Crippen LogP contribution in [0.3, 0.4) is 0 Å². The number of hydroxylamine groups is 2. The molecule has 1 unspecified atom stereocenters. The lowest BCUT2D eigenvalue weighted by molar-refractivity contribution is -0.217. The number of rotatable bonds is 12. The van der Waals surface area contributed by atoms with Crippen molar-refractivity contribution in [3.63, 3.8) is 0 Å². The maximum Gasteiger partial charge on any atom is 0.327 e. The first-order valence-corrected chi connectivity index (χ1v) is 24.9. The normalized spacial score (nSPS) is 35.7. The van der Waals surface area contributed by atoms with Crippen molar-refractivity contribution in [1.82, 2.24) is 15.7 Å². The lowest BCUT2D eigenvalue weighted by Gasteiger charge is -2.53. The third-order valence-electron chi connectivity index (χ3n) is 16.5. The van der Waals surface area contributed by atoms with Crippen LogP contribution in [-0.4, -0.2) is 117 Å². The SMILES string of the molecule is C[C@H](O)[C@@H](NC(=O)[C@@]12C[C@H]3OC(=O)[C@@H]1N(Cc1ccc(C=C4CCC5O[C@]5(C)CC[C@@H]5[C@@H]4CC5(C)C)cc1)O[C@@H]2[C@H]1OC2(Cc4ccccc4C2)O[C@H]13)C(=O)N[C@H](CO)CCC(=O)OC(C)(C)C. The van der Waals surface area contributed by atoms with Gasteiger partial charge in [0.2, 0.25) is 11.8 Å². The molecular formula is C53H69N3O12. The summed E-state index contributed by atoms with van der Waals surface area (Å²) in [4.78, 5) is 62.9. The highest BCUT2D eigenvalue weighted by Gasteiger charge is 2.76. The molecule has 2 aromatic rings. The third-order valence-corrected chi connectivity index (χ3v) is 16.5. The van der Waals surface area contributed by atoms with Crippen LogP contribution in [0.25, 0.3) is 6.08 Å². The Morgan fingerprint density at radius 1 is 0.956 bits per heavy atom. The van der Waals surface area contributed by atoms with Gasteiger partial charge in [0.25, 0.3) is 0 Å². The van der Waals surface area contributed by atoms with E-state index in [1.165, 1.54) is 30.4 Å². The van der Waals surface area contributed by atoms with Crippen LogP contribution in [0.1, 0.15) is 122 Å². The molecule has 15 nitrogen and oxygen atoms in total. The Balaban J connectivity index is 0.909. The molecule has 3 saturated carbocycles. The second kappa shape index (κ2) is 17.3. The summed E-state index contributed by atoms with van der Waals surface area (Å²) in [6, 6.07) is 12.6. The number of hydrogen-bond acceptors (Lipinski definition) is 13. The molecule has 4 aliphatic carbocycles. The van der Waals surface area contributed by atoms with Crippen LogP contribution in [-0.2, 0) is 67.1 Å². The molecule has 8 aliphatic rings. The van der Waals surface area contributed by atoms with Crippen LogP contribution in [0.5, 0.6) is 0 Å². The van der Waals surface area contributed by atoms with Crippen LogP contribution >= 0.6 is 0 Å². The van der Waals surface area contributed by atoms with Gasteiger partial charge in [0.05, 0.1) is 37.0 Å². The van der Waals surface area contributed by atoms with E-state index in [1.807, 2.05) is 36.4 Å². The van der Waals surface area contributed by atoms with E-state index in [2.05, 4.69) is 49.6 Å². The first kappa shape index (κ1) is 47.5. The number of amides is 2. The van der Waals surface area contributed by atoms with Gasteiger partial charge in [0.1, 0.15) is 41.5 Å². The summed E-state index contributed by atoms with van der Waals surface area (Å²) in [7, 11) is 0. The second-order valence-electron chi connectivity index (χ2n) is 23.0. The Hall–Kier alpha value is -4.22. The largest absolute Gasteiger partial charge is 0.460 e. The van der Waals surface area contributed by atoms with Gasteiger partial charge < -0.3 is 44.5 Å².